The van der Waals surface area contributed by atoms with Crippen LogP contribution in [0.25, 0.3) is 0 Å². The highest BCUT2D eigenvalue weighted by Gasteiger charge is 2.22. The van der Waals surface area contributed by atoms with Crippen LogP contribution in [0.3, 0.4) is 0 Å². The minimum absolute atomic E-state index is 0.0676. The number of rotatable bonds is 4. The summed E-state index contributed by atoms with van der Waals surface area (Å²) < 4.78 is 0. The first kappa shape index (κ1) is 17.7. The Labute approximate surface area is 154 Å². The summed E-state index contributed by atoms with van der Waals surface area (Å²) in [7, 11) is 0. The molecule has 3 rings (SSSR count). The number of hydrogen-bond donors (Lipinski definition) is 3. The van der Waals surface area contributed by atoms with E-state index in [-0.39, 0.29) is 27.4 Å². The minimum Gasteiger partial charge on any atom is -0.322 e. The van der Waals surface area contributed by atoms with Crippen molar-refractivity contribution in [1.82, 2.24) is 10.3 Å². The molecule has 6 nitrogen and oxygen atoms in total. The number of nitrogens with zero attached hydrogens (tertiary/aromatic N) is 1. The van der Waals surface area contributed by atoms with Gasteiger partial charge in [-0.1, -0.05) is 29.3 Å². The Morgan fingerprint density at radius 1 is 1.16 bits per heavy atom. The van der Waals surface area contributed by atoms with E-state index in [9.17, 15) is 9.59 Å². The lowest BCUT2D eigenvalue weighted by Crippen LogP contribution is -2.25. The fourth-order valence-corrected chi connectivity index (χ4v) is 3.16. The van der Waals surface area contributed by atoms with Gasteiger partial charge in [-0.3, -0.25) is 9.59 Å². The maximum atomic E-state index is 12.4. The van der Waals surface area contributed by atoms with Crippen molar-refractivity contribution in [3.8, 4) is 0 Å². The van der Waals surface area contributed by atoms with E-state index in [0.29, 0.717) is 18.1 Å². The lowest BCUT2D eigenvalue weighted by Gasteiger charge is -2.11. The molecule has 0 bridgehead atoms. The molecule has 1 aliphatic heterocycles. The van der Waals surface area contributed by atoms with Gasteiger partial charge in [0.2, 0.25) is 5.91 Å². The largest absolute Gasteiger partial charge is 0.322 e. The van der Waals surface area contributed by atoms with Crippen molar-refractivity contribution in [2.45, 2.75) is 6.42 Å². The molecule has 2 amide bonds. The Balaban J connectivity index is 1.71. The van der Waals surface area contributed by atoms with E-state index in [0.717, 1.165) is 13.0 Å². The lowest BCUT2D eigenvalue weighted by molar-refractivity contribution is -0.119. The summed E-state index contributed by atoms with van der Waals surface area (Å²) in [6.45, 7) is 1.49. The normalized spacial score (nSPS) is 16.5. The molecule has 1 fully saturated rings. The zero-order valence-electron chi connectivity index (χ0n) is 13.2. The third-order valence-corrected chi connectivity index (χ3v) is 4.52. The first-order valence-electron chi connectivity index (χ1n) is 7.77. The number of halogens is 2. The van der Waals surface area contributed by atoms with Gasteiger partial charge in [-0.2, -0.15) is 0 Å². The number of carbonyl (C=O) groups is 2. The van der Waals surface area contributed by atoms with Crippen LogP contribution in [0.1, 0.15) is 16.8 Å². The molecule has 0 spiro atoms. The standard InChI is InChI=1S/C17H16Cl2N4O2/c18-12-2-1-3-13(19)15(12)17(25)22-11-5-7-21-14(8-11)23-16(24)10-4-6-20-9-10/h1-3,5,7-8,10,20H,4,6,9H2,(H2,21,22,23,24,25). The number of nitrogens with one attached hydrogen (secondary N) is 3. The maximum Gasteiger partial charge on any atom is 0.258 e. The number of amides is 2. The van der Waals surface area contributed by atoms with Crippen LogP contribution in [0, 0.1) is 5.92 Å². The smallest absolute Gasteiger partial charge is 0.258 e. The minimum atomic E-state index is -0.431. The number of carbonyl (C=O) groups excluding carboxylic acids is 2. The predicted octanol–water partition coefficient (Wildman–Crippen LogP) is 3.19. The Morgan fingerprint density at radius 3 is 2.60 bits per heavy atom. The average molecular weight is 379 g/mol. The van der Waals surface area contributed by atoms with Gasteiger partial charge in [0.15, 0.2) is 0 Å². The van der Waals surface area contributed by atoms with Gasteiger partial charge in [-0.15, -0.1) is 0 Å². The third-order valence-electron chi connectivity index (χ3n) is 3.89. The molecule has 1 unspecified atom stereocenters. The molecule has 1 aromatic carbocycles. The van der Waals surface area contributed by atoms with E-state index in [4.69, 9.17) is 23.2 Å². The predicted molar refractivity (Wildman–Crippen MR) is 98.3 cm³/mol. The zero-order chi connectivity index (χ0) is 17.8. The van der Waals surface area contributed by atoms with Gasteiger partial charge < -0.3 is 16.0 Å². The fourth-order valence-electron chi connectivity index (χ4n) is 2.59. The van der Waals surface area contributed by atoms with Crippen LogP contribution < -0.4 is 16.0 Å². The van der Waals surface area contributed by atoms with Crippen LogP contribution in [-0.2, 0) is 4.79 Å². The highest BCUT2D eigenvalue weighted by atomic mass is 35.5. The van der Waals surface area contributed by atoms with E-state index in [2.05, 4.69) is 20.9 Å². The summed E-state index contributed by atoms with van der Waals surface area (Å²) >= 11 is 12.1. The summed E-state index contributed by atoms with van der Waals surface area (Å²) in [6, 6.07) is 8.06. The monoisotopic (exact) mass is 378 g/mol. The summed E-state index contributed by atoms with van der Waals surface area (Å²) in [5.74, 6) is -0.212. The van der Waals surface area contributed by atoms with Gasteiger partial charge in [-0.25, -0.2) is 4.98 Å². The molecule has 1 atom stereocenters. The molecule has 1 saturated heterocycles. The molecule has 1 aliphatic rings. The molecule has 0 aliphatic carbocycles. The van der Waals surface area contributed by atoms with E-state index in [1.54, 1.807) is 30.3 Å². The summed E-state index contributed by atoms with van der Waals surface area (Å²) in [6.07, 6.45) is 2.31. The molecule has 2 aromatic rings. The van der Waals surface area contributed by atoms with Crippen molar-refractivity contribution in [3.05, 3.63) is 52.1 Å². The first-order chi connectivity index (χ1) is 12.0. The molecule has 130 valence electrons. The van der Waals surface area contributed by atoms with E-state index in [1.165, 1.54) is 6.20 Å². The first-order valence-corrected chi connectivity index (χ1v) is 8.53. The average Bonchev–Trinajstić information content (AvgIpc) is 3.09. The number of benzene rings is 1. The molecule has 8 heteroatoms. The second-order valence-corrected chi connectivity index (χ2v) is 6.47. The molecule has 1 aromatic heterocycles. The topological polar surface area (TPSA) is 83.1 Å². The number of hydrogen-bond acceptors (Lipinski definition) is 4. The lowest BCUT2D eigenvalue weighted by atomic mass is 10.1. The van der Waals surface area contributed by atoms with Crippen LogP contribution in [0.4, 0.5) is 11.5 Å². The highest BCUT2D eigenvalue weighted by molar-refractivity contribution is 6.40. The Bertz CT molecular complexity index is 787. The Kier molecular flexibility index (Phi) is 5.53. The van der Waals surface area contributed by atoms with Crippen molar-refractivity contribution >= 4 is 46.5 Å². The van der Waals surface area contributed by atoms with Crippen molar-refractivity contribution in [2.24, 2.45) is 5.92 Å². The molecular weight excluding hydrogens is 363 g/mol. The number of pyridine rings is 1. The van der Waals surface area contributed by atoms with Gasteiger partial charge in [0.1, 0.15) is 5.82 Å². The zero-order valence-corrected chi connectivity index (χ0v) is 14.7. The fraction of sp³-hybridized carbons (Fsp3) is 0.235. The molecule has 25 heavy (non-hydrogen) atoms. The van der Waals surface area contributed by atoms with Crippen LogP contribution in [-0.4, -0.2) is 29.9 Å². The van der Waals surface area contributed by atoms with Crippen LogP contribution in [0.15, 0.2) is 36.5 Å². The summed E-state index contributed by atoms with van der Waals surface area (Å²) in [5.41, 5.74) is 0.682. The SMILES string of the molecule is O=C(Nc1ccnc(NC(=O)C2CCNC2)c1)c1c(Cl)cccc1Cl. The van der Waals surface area contributed by atoms with E-state index >= 15 is 0 Å². The van der Waals surface area contributed by atoms with Crippen LogP contribution >= 0.6 is 23.2 Å². The van der Waals surface area contributed by atoms with E-state index < -0.39 is 5.91 Å². The number of anilines is 2. The highest BCUT2D eigenvalue weighted by Crippen LogP contribution is 2.25. The van der Waals surface area contributed by atoms with Gasteiger partial charge in [0, 0.05) is 24.5 Å². The van der Waals surface area contributed by atoms with E-state index in [1.807, 2.05) is 0 Å². The van der Waals surface area contributed by atoms with Crippen LogP contribution in [0.2, 0.25) is 10.0 Å². The second-order valence-electron chi connectivity index (χ2n) is 5.66. The van der Waals surface area contributed by atoms with Crippen molar-refractivity contribution in [2.75, 3.05) is 23.7 Å². The second kappa shape index (κ2) is 7.82. The summed E-state index contributed by atoms with van der Waals surface area (Å²) in [4.78, 5) is 28.7. The van der Waals surface area contributed by atoms with Crippen molar-refractivity contribution in [1.29, 1.82) is 0 Å². The van der Waals surface area contributed by atoms with Gasteiger partial charge >= 0.3 is 0 Å². The van der Waals surface area contributed by atoms with Gasteiger partial charge in [-0.05, 0) is 31.2 Å². The molecular formula is C17H16Cl2N4O2. The molecule has 0 radical (unpaired) electrons. The molecule has 3 N–H and O–H groups in total. The van der Waals surface area contributed by atoms with Gasteiger partial charge in [0.05, 0.1) is 21.5 Å². The third kappa shape index (κ3) is 4.28. The van der Waals surface area contributed by atoms with Crippen molar-refractivity contribution < 1.29 is 9.59 Å². The van der Waals surface area contributed by atoms with Crippen LogP contribution in [0.5, 0.6) is 0 Å². The van der Waals surface area contributed by atoms with Crippen molar-refractivity contribution in [3.63, 3.8) is 0 Å². The summed E-state index contributed by atoms with van der Waals surface area (Å²) in [5, 5.41) is 9.15. The Hall–Kier alpha value is -2.15. The molecule has 0 saturated carbocycles. The maximum absolute atomic E-state index is 12.4. The Morgan fingerprint density at radius 2 is 1.92 bits per heavy atom. The van der Waals surface area contributed by atoms with Gasteiger partial charge in [0.25, 0.3) is 5.91 Å². The quantitative estimate of drug-likeness (QED) is 0.762. The number of aromatic nitrogens is 1. The molecule has 2 heterocycles.